The second kappa shape index (κ2) is 8.86. The Morgan fingerprint density at radius 3 is 2.58 bits per heavy atom. The SMILES string of the molecule is CC(=O)OC1CC[C@@]2(C)C(CC[C@H]3C4=CC[C@H]([C@H](C)CCCC(C)C)[C@@]4(C)CC[C@@H]32)C1. The van der Waals surface area contributed by atoms with Gasteiger partial charge in [0.05, 0.1) is 0 Å². The lowest BCUT2D eigenvalue weighted by molar-refractivity contribution is -0.155. The molecular weight excluding hydrogens is 380 g/mol. The first-order valence-electron chi connectivity index (χ1n) is 13.5. The molecule has 2 heteroatoms. The summed E-state index contributed by atoms with van der Waals surface area (Å²) >= 11 is 0. The maximum absolute atomic E-state index is 11.5. The molecule has 2 nitrogen and oxygen atoms in total. The minimum atomic E-state index is -0.0969. The second-order valence-corrected chi connectivity index (χ2v) is 12.8. The van der Waals surface area contributed by atoms with Crippen LogP contribution in [0.25, 0.3) is 0 Å². The van der Waals surface area contributed by atoms with E-state index >= 15 is 0 Å². The maximum Gasteiger partial charge on any atom is 0.302 e. The van der Waals surface area contributed by atoms with E-state index < -0.39 is 0 Å². The van der Waals surface area contributed by atoms with Gasteiger partial charge in [0.25, 0.3) is 0 Å². The molecule has 0 bridgehead atoms. The van der Waals surface area contributed by atoms with Crippen molar-refractivity contribution in [3.05, 3.63) is 11.6 Å². The molecule has 0 heterocycles. The summed E-state index contributed by atoms with van der Waals surface area (Å²) in [7, 11) is 0. The lowest BCUT2D eigenvalue weighted by Gasteiger charge is -2.60. The van der Waals surface area contributed by atoms with Crippen LogP contribution in [0.2, 0.25) is 0 Å². The number of fused-ring (bicyclic) bond motifs is 5. The third kappa shape index (κ3) is 4.26. The molecule has 4 aliphatic carbocycles. The van der Waals surface area contributed by atoms with Gasteiger partial charge in [-0.2, -0.15) is 0 Å². The molecular formula is C29H48O2. The van der Waals surface area contributed by atoms with Crippen molar-refractivity contribution in [1.29, 1.82) is 0 Å². The Labute approximate surface area is 192 Å². The molecule has 0 spiro atoms. The van der Waals surface area contributed by atoms with Gasteiger partial charge in [0.2, 0.25) is 0 Å². The summed E-state index contributed by atoms with van der Waals surface area (Å²) in [5.41, 5.74) is 2.77. The van der Waals surface area contributed by atoms with Crippen molar-refractivity contribution in [2.75, 3.05) is 0 Å². The Bertz CT molecular complexity index is 693. The standard InChI is InChI=1S/C29H48O2/c1-19(2)8-7-9-20(3)25-12-13-26-24-11-10-22-18-23(31-21(4)30)14-16-28(22,5)27(24)15-17-29(25,26)6/h13,19-20,22-25,27H,7-12,14-18H2,1-6H3/t20-,22?,23?,24+,25-,27+,28+,29-/m1/s1. The van der Waals surface area contributed by atoms with Gasteiger partial charge in [-0.05, 0) is 97.7 Å². The molecule has 31 heavy (non-hydrogen) atoms. The predicted molar refractivity (Wildman–Crippen MR) is 129 cm³/mol. The number of carbonyl (C=O) groups excluding carboxylic acids is 1. The summed E-state index contributed by atoms with van der Waals surface area (Å²) in [6.07, 6.45) is 17.3. The highest BCUT2D eigenvalue weighted by molar-refractivity contribution is 5.66. The summed E-state index contributed by atoms with van der Waals surface area (Å²) in [4.78, 5) is 11.5. The van der Waals surface area contributed by atoms with Gasteiger partial charge >= 0.3 is 5.97 Å². The molecule has 4 rings (SSSR count). The topological polar surface area (TPSA) is 26.3 Å². The van der Waals surface area contributed by atoms with Crippen LogP contribution in [0.5, 0.6) is 0 Å². The fourth-order valence-electron chi connectivity index (χ4n) is 8.83. The van der Waals surface area contributed by atoms with E-state index in [0.717, 1.165) is 48.3 Å². The minimum Gasteiger partial charge on any atom is -0.463 e. The zero-order valence-electron chi connectivity index (χ0n) is 21.2. The van der Waals surface area contributed by atoms with Crippen molar-refractivity contribution < 1.29 is 9.53 Å². The molecule has 3 fully saturated rings. The average molecular weight is 429 g/mol. The van der Waals surface area contributed by atoms with Crippen LogP contribution < -0.4 is 0 Å². The Morgan fingerprint density at radius 1 is 1.10 bits per heavy atom. The fourth-order valence-corrected chi connectivity index (χ4v) is 8.83. The molecule has 8 atom stereocenters. The molecule has 0 aliphatic heterocycles. The molecule has 0 aromatic rings. The van der Waals surface area contributed by atoms with E-state index in [1.54, 1.807) is 6.92 Å². The number of ether oxygens (including phenoxy) is 1. The van der Waals surface area contributed by atoms with E-state index in [1.165, 1.54) is 57.8 Å². The van der Waals surface area contributed by atoms with E-state index in [0.29, 0.717) is 10.8 Å². The number of rotatable bonds is 6. The molecule has 0 N–H and O–H groups in total. The zero-order valence-corrected chi connectivity index (χ0v) is 21.2. The van der Waals surface area contributed by atoms with Crippen molar-refractivity contribution in [2.45, 2.75) is 118 Å². The van der Waals surface area contributed by atoms with Crippen LogP contribution in [0.4, 0.5) is 0 Å². The third-order valence-electron chi connectivity index (χ3n) is 10.5. The van der Waals surface area contributed by atoms with E-state index in [-0.39, 0.29) is 12.1 Å². The van der Waals surface area contributed by atoms with E-state index in [9.17, 15) is 4.79 Å². The molecule has 0 aromatic carbocycles. The summed E-state index contributed by atoms with van der Waals surface area (Å²) in [5.74, 6) is 4.85. The van der Waals surface area contributed by atoms with Crippen molar-refractivity contribution in [2.24, 2.45) is 46.3 Å². The van der Waals surface area contributed by atoms with Crippen LogP contribution in [-0.2, 0) is 9.53 Å². The molecule has 0 saturated heterocycles. The van der Waals surface area contributed by atoms with Gasteiger partial charge in [0.1, 0.15) is 6.10 Å². The van der Waals surface area contributed by atoms with Crippen molar-refractivity contribution in [3.8, 4) is 0 Å². The van der Waals surface area contributed by atoms with Gasteiger partial charge in [-0.3, -0.25) is 4.79 Å². The molecule has 0 radical (unpaired) electrons. The molecule has 0 aromatic heterocycles. The van der Waals surface area contributed by atoms with Crippen LogP contribution >= 0.6 is 0 Å². The maximum atomic E-state index is 11.5. The van der Waals surface area contributed by atoms with Crippen LogP contribution in [0, 0.1) is 46.3 Å². The van der Waals surface area contributed by atoms with Crippen molar-refractivity contribution >= 4 is 5.97 Å². The lowest BCUT2D eigenvalue weighted by atomic mass is 9.45. The molecule has 3 saturated carbocycles. The van der Waals surface area contributed by atoms with Crippen molar-refractivity contribution in [3.63, 3.8) is 0 Å². The quantitative estimate of drug-likeness (QED) is 0.317. The van der Waals surface area contributed by atoms with Gasteiger partial charge in [-0.1, -0.05) is 65.5 Å². The van der Waals surface area contributed by atoms with E-state index in [1.807, 2.05) is 5.57 Å². The largest absolute Gasteiger partial charge is 0.463 e. The second-order valence-electron chi connectivity index (χ2n) is 12.8. The Morgan fingerprint density at radius 2 is 1.87 bits per heavy atom. The molecule has 2 unspecified atom stereocenters. The van der Waals surface area contributed by atoms with Crippen LogP contribution in [0.3, 0.4) is 0 Å². The number of hydrogen-bond acceptors (Lipinski definition) is 2. The first kappa shape index (κ1) is 23.4. The van der Waals surface area contributed by atoms with Gasteiger partial charge < -0.3 is 4.74 Å². The minimum absolute atomic E-state index is 0.0969. The highest BCUT2D eigenvalue weighted by Gasteiger charge is 2.58. The average Bonchev–Trinajstić information content (AvgIpc) is 3.05. The summed E-state index contributed by atoms with van der Waals surface area (Å²) in [6, 6.07) is 0. The number of hydrogen-bond donors (Lipinski definition) is 0. The van der Waals surface area contributed by atoms with Crippen LogP contribution in [0.15, 0.2) is 11.6 Å². The first-order chi connectivity index (χ1) is 14.6. The molecule has 176 valence electrons. The zero-order chi connectivity index (χ0) is 22.4. The summed E-state index contributed by atoms with van der Waals surface area (Å²) < 4.78 is 5.64. The summed E-state index contributed by atoms with van der Waals surface area (Å²) in [6.45, 7) is 14.1. The highest BCUT2D eigenvalue weighted by Crippen LogP contribution is 2.66. The predicted octanol–water partition coefficient (Wildman–Crippen LogP) is 7.96. The van der Waals surface area contributed by atoms with E-state index in [2.05, 4.69) is 40.7 Å². The molecule has 0 amide bonds. The van der Waals surface area contributed by atoms with Gasteiger partial charge in [-0.15, -0.1) is 0 Å². The van der Waals surface area contributed by atoms with Crippen LogP contribution in [0.1, 0.15) is 112 Å². The number of allylic oxidation sites excluding steroid dienone is 2. The summed E-state index contributed by atoms with van der Waals surface area (Å²) in [5, 5.41) is 0. The third-order valence-corrected chi connectivity index (χ3v) is 10.5. The first-order valence-corrected chi connectivity index (χ1v) is 13.5. The van der Waals surface area contributed by atoms with Crippen LogP contribution in [-0.4, -0.2) is 12.1 Å². The number of carbonyl (C=O) groups is 1. The van der Waals surface area contributed by atoms with E-state index in [4.69, 9.17) is 4.74 Å². The van der Waals surface area contributed by atoms with Gasteiger partial charge in [-0.25, -0.2) is 0 Å². The lowest BCUT2D eigenvalue weighted by Crippen LogP contribution is -2.52. The van der Waals surface area contributed by atoms with Gasteiger partial charge in [0.15, 0.2) is 0 Å². The van der Waals surface area contributed by atoms with Gasteiger partial charge in [0, 0.05) is 6.92 Å². The normalized spacial score (nSPS) is 42.9. The Hall–Kier alpha value is -0.790. The Balaban J connectivity index is 1.44. The highest BCUT2D eigenvalue weighted by atomic mass is 16.5. The fraction of sp³-hybridized carbons (Fsp3) is 0.897. The molecule has 4 aliphatic rings. The van der Waals surface area contributed by atoms with Crippen molar-refractivity contribution in [1.82, 2.24) is 0 Å². The monoisotopic (exact) mass is 428 g/mol. The number of esters is 1. The Kier molecular flexibility index (Phi) is 6.68. The smallest absolute Gasteiger partial charge is 0.302 e.